The first-order valence-corrected chi connectivity index (χ1v) is 10.2. The summed E-state index contributed by atoms with van der Waals surface area (Å²) >= 11 is 0. The molecule has 0 aliphatic heterocycles. The van der Waals surface area contributed by atoms with E-state index < -0.39 is 5.92 Å². The first-order valence-electron chi connectivity index (χ1n) is 10.2. The number of rotatable bonds is 4. The zero-order valence-electron chi connectivity index (χ0n) is 17.1. The van der Waals surface area contributed by atoms with Crippen molar-refractivity contribution in [2.45, 2.75) is 5.92 Å². The second-order valence-electron chi connectivity index (χ2n) is 7.61. The van der Waals surface area contributed by atoms with E-state index in [1.807, 2.05) is 84.9 Å². The number of phenolic OH excluding ortho intramolecular Hbond substituents is 2. The fraction of sp³-hybridized carbons (Fsp3) is 0.0714. The fourth-order valence-corrected chi connectivity index (χ4v) is 4.54. The van der Waals surface area contributed by atoms with Gasteiger partial charge in [-0.2, -0.15) is 0 Å². The second-order valence-corrected chi connectivity index (χ2v) is 7.61. The topological polar surface area (TPSA) is 49.7 Å². The van der Waals surface area contributed by atoms with Gasteiger partial charge in [0.05, 0.1) is 7.11 Å². The first-order chi connectivity index (χ1) is 15.2. The van der Waals surface area contributed by atoms with Gasteiger partial charge in [-0.05, 0) is 39.7 Å². The van der Waals surface area contributed by atoms with Crippen LogP contribution in [-0.2, 0) is 0 Å². The lowest BCUT2D eigenvalue weighted by Gasteiger charge is -2.25. The van der Waals surface area contributed by atoms with Crippen LogP contribution in [0.3, 0.4) is 0 Å². The number of benzene rings is 5. The molecule has 0 aliphatic rings. The number of phenols is 2. The maximum Gasteiger partial charge on any atom is 0.123 e. The largest absolute Gasteiger partial charge is 0.508 e. The number of ether oxygens (including phenoxy) is 1. The molecule has 3 nitrogen and oxygen atoms in total. The average molecular weight is 406 g/mol. The molecule has 0 saturated carbocycles. The van der Waals surface area contributed by atoms with Crippen LogP contribution >= 0.6 is 0 Å². The molecule has 5 aromatic rings. The van der Waals surface area contributed by atoms with Crippen molar-refractivity contribution in [2.24, 2.45) is 0 Å². The van der Waals surface area contributed by atoms with E-state index in [0.717, 1.165) is 38.2 Å². The monoisotopic (exact) mass is 406 g/mol. The molecular formula is C28H22O3. The van der Waals surface area contributed by atoms with Gasteiger partial charge in [0.25, 0.3) is 0 Å². The van der Waals surface area contributed by atoms with E-state index in [1.54, 1.807) is 19.2 Å². The summed E-state index contributed by atoms with van der Waals surface area (Å²) in [7, 11) is 1.64. The lowest BCUT2D eigenvalue weighted by atomic mass is 9.79. The van der Waals surface area contributed by atoms with Gasteiger partial charge >= 0.3 is 0 Å². The zero-order chi connectivity index (χ0) is 21.4. The van der Waals surface area contributed by atoms with Crippen LogP contribution in [0.15, 0.2) is 97.1 Å². The Morgan fingerprint density at radius 1 is 0.581 bits per heavy atom. The minimum Gasteiger partial charge on any atom is -0.508 e. The van der Waals surface area contributed by atoms with Crippen molar-refractivity contribution in [3.8, 4) is 17.2 Å². The summed E-state index contributed by atoms with van der Waals surface area (Å²) in [5.41, 5.74) is 2.37. The first kappa shape index (κ1) is 19.0. The van der Waals surface area contributed by atoms with Crippen LogP contribution < -0.4 is 4.74 Å². The van der Waals surface area contributed by atoms with E-state index in [4.69, 9.17) is 4.74 Å². The molecule has 31 heavy (non-hydrogen) atoms. The molecule has 0 aromatic heterocycles. The molecular weight excluding hydrogens is 384 g/mol. The van der Waals surface area contributed by atoms with Crippen LogP contribution in [0.1, 0.15) is 22.6 Å². The molecule has 0 atom stereocenters. The van der Waals surface area contributed by atoms with Gasteiger partial charge in [-0.25, -0.2) is 0 Å². The van der Waals surface area contributed by atoms with Gasteiger partial charge in [0.1, 0.15) is 17.2 Å². The number of hydrogen-bond acceptors (Lipinski definition) is 3. The van der Waals surface area contributed by atoms with Crippen LogP contribution in [0.5, 0.6) is 17.2 Å². The van der Waals surface area contributed by atoms with Crippen LogP contribution in [0.2, 0.25) is 0 Å². The lowest BCUT2D eigenvalue weighted by molar-refractivity contribution is 0.407. The summed E-state index contributed by atoms with van der Waals surface area (Å²) in [5.74, 6) is 0.629. The molecule has 0 fully saturated rings. The minimum atomic E-state index is -0.437. The zero-order valence-corrected chi connectivity index (χ0v) is 17.1. The Hall–Kier alpha value is -3.98. The molecule has 152 valence electrons. The second kappa shape index (κ2) is 7.69. The van der Waals surface area contributed by atoms with Gasteiger partial charge in [-0.15, -0.1) is 0 Å². The van der Waals surface area contributed by atoms with E-state index in [9.17, 15) is 10.2 Å². The molecule has 0 heterocycles. The van der Waals surface area contributed by atoms with Crippen molar-refractivity contribution in [2.75, 3.05) is 7.11 Å². The van der Waals surface area contributed by atoms with Crippen molar-refractivity contribution in [3.63, 3.8) is 0 Å². The predicted octanol–water partition coefficient (Wildman–Crippen LogP) is 6.59. The summed E-state index contributed by atoms with van der Waals surface area (Å²) in [6.45, 7) is 0. The van der Waals surface area contributed by atoms with Crippen LogP contribution in [0.4, 0.5) is 0 Å². The van der Waals surface area contributed by atoms with Crippen LogP contribution in [0.25, 0.3) is 21.5 Å². The quantitative estimate of drug-likeness (QED) is 0.331. The standard InChI is InChI=1S/C28H22O3/c1-31-25-13-7-6-12-22(25)28(26-20-10-4-2-8-18(20)14-16-23(26)29)27-21-11-5-3-9-19(21)15-17-24(27)30/h2-17,28-30H,1H3. The molecule has 0 aliphatic carbocycles. The maximum atomic E-state index is 11.1. The van der Waals surface area contributed by atoms with Crippen LogP contribution in [0, 0.1) is 0 Å². The molecule has 0 spiro atoms. The Morgan fingerprint density at radius 3 is 1.61 bits per heavy atom. The van der Waals surface area contributed by atoms with Crippen LogP contribution in [-0.4, -0.2) is 17.3 Å². The molecule has 3 heteroatoms. The van der Waals surface area contributed by atoms with Gasteiger partial charge in [-0.3, -0.25) is 0 Å². The van der Waals surface area contributed by atoms with Crippen molar-refractivity contribution >= 4 is 21.5 Å². The van der Waals surface area contributed by atoms with Gasteiger partial charge in [0, 0.05) is 22.6 Å². The highest BCUT2D eigenvalue weighted by atomic mass is 16.5. The number of hydrogen-bond donors (Lipinski definition) is 2. The summed E-state index contributed by atoms with van der Waals surface area (Å²) in [6.07, 6.45) is 0. The maximum absolute atomic E-state index is 11.1. The number of aromatic hydroxyl groups is 2. The van der Waals surface area contributed by atoms with Gasteiger partial charge in [0.15, 0.2) is 0 Å². The molecule has 5 aromatic carbocycles. The highest BCUT2D eigenvalue weighted by molar-refractivity contribution is 5.93. The van der Waals surface area contributed by atoms with Crippen molar-refractivity contribution in [3.05, 3.63) is 114 Å². The Kier molecular flexibility index (Phi) is 4.72. The third-order valence-corrected chi connectivity index (χ3v) is 5.92. The summed E-state index contributed by atoms with van der Waals surface area (Å²) in [5, 5.41) is 26.1. The van der Waals surface area contributed by atoms with E-state index in [2.05, 4.69) is 0 Å². The van der Waals surface area contributed by atoms with E-state index >= 15 is 0 Å². The number of methoxy groups -OCH3 is 1. The Labute approximate surface area is 180 Å². The fourth-order valence-electron chi connectivity index (χ4n) is 4.54. The van der Waals surface area contributed by atoms with E-state index in [-0.39, 0.29) is 11.5 Å². The van der Waals surface area contributed by atoms with Gasteiger partial charge in [0.2, 0.25) is 0 Å². The van der Waals surface area contributed by atoms with Gasteiger partial charge in [-0.1, -0.05) is 78.9 Å². The van der Waals surface area contributed by atoms with Crippen molar-refractivity contribution in [1.82, 2.24) is 0 Å². The Morgan fingerprint density at radius 2 is 1.06 bits per heavy atom. The third kappa shape index (κ3) is 3.15. The van der Waals surface area contributed by atoms with Crippen molar-refractivity contribution < 1.29 is 14.9 Å². The smallest absolute Gasteiger partial charge is 0.123 e. The number of fused-ring (bicyclic) bond motifs is 2. The normalized spacial score (nSPS) is 11.3. The highest BCUT2D eigenvalue weighted by Crippen LogP contribution is 2.48. The average Bonchev–Trinajstić information content (AvgIpc) is 2.82. The third-order valence-electron chi connectivity index (χ3n) is 5.92. The summed E-state index contributed by atoms with van der Waals surface area (Å²) in [4.78, 5) is 0. The molecule has 0 unspecified atom stereocenters. The van der Waals surface area contributed by atoms with E-state index in [1.165, 1.54) is 0 Å². The minimum absolute atomic E-state index is 0.182. The summed E-state index contributed by atoms with van der Waals surface area (Å²) < 4.78 is 5.71. The summed E-state index contributed by atoms with van der Waals surface area (Å²) in [6, 6.07) is 31.0. The Balaban J connectivity index is 1.95. The lowest BCUT2D eigenvalue weighted by Crippen LogP contribution is -2.08. The molecule has 2 N–H and O–H groups in total. The molecule has 0 saturated heterocycles. The Bertz CT molecular complexity index is 1320. The number of para-hydroxylation sites is 1. The van der Waals surface area contributed by atoms with Crippen molar-refractivity contribution in [1.29, 1.82) is 0 Å². The molecule has 0 amide bonds. The SMILES string of the molecule is COc1ccccc1C(c1c(O)ccc2ccccc12)c1c(O)ccc2ccccc12. The van der Waals surface area contributed by atoms with Gasteiger partial charge < -0.3 is 14.9 Å². The van der Waals surface area contributed by atoms with E-state index in [0.29, 0.717) is 5.75 Å². The highest BCUT2D eigenvalue weighted by Gasteiger charge is 2.28. The molecule has 0 radical (unpaired) electrons. The molecule has 5 rings (SSSR count). The molecule has 0 bridgehead atoms. The predicted molar refractivity (Wildman–Crippen MR) is 125 cm³/mol.